The summed E-state index contributed by atoms with van der Waals surface area (Å²) in [7, 11) is 0. The normalized spacial score (nSPS) is 21.3. The number of hydrogen-bond acceptors (Lipinski definition) is 0. The Morgan fingerprint density at radius 1 is 0.963 bits per heavy atom. The van der Waals surface area contributed by atoms with Crippen LogP contribution in [0.2, 0.25) is 0 Å². The molecule has 2 unspecified atom stereocenters. The summed E-state index contributed by atoms with van der Waals surface area (Å²) < 4.78 is 0. The van der Waals surface area contributed by atoms with Crippen LogP contribution in [-0.4, -0.2) is 5.38 Å². The van der Waals surface area contributed by atoms with Crippen LogP contribution in [0.4, 0.5) is 0 Å². The molecule has 0 nitrogen and oxygen atoms in total. The number of benzene rings is 2. The Morgan fingerprint density at radius 2 is 1.70 bits per heavy atom. The fourth-order valence-corrected chi connectivity index (χ4v) is 3.93. The molecule has 2 atom stereocenters. The van der Waals surface area contributed by atoms with Crippen molar-refractivity contribution in [2.75, 3.05) is 0 Å². The van der Waals surface area contributed by atoms with Crippen LogP contribution in [0.1, 0.15) is 49.8 Å². The fourth-order valence-electron chi connectivity index (χ4n) is 3.56. The highest BCUT2D eigenvalue weighted by Gasteiger charge is 2.34. The molecule has 1 aliphatic rings. The van der Waals surface area contributed by atoms with Crippen molar-refractivity contribution in [2.24, 2.45) is 5.41 Å². The molecule has 138 valence electrons. The van der Waals surface area contributed by atoms with E-state index in [0.717, 1.165) is 24.8 Å². The molecule has 27 heavy (non-hydrogen) atoms. The lowest BCUT2D eigenvalue weighted by Crippen LogP contribution is -2.28. The van der Waals surface area contributed by atoms with E-state index in [1.54, 1.807) is 0 Å². The van der Waals surface area contributed by atoms with Crippen LogP contribution in [0.3, 0.4) is 0 Å². The van der Waals surface area contributed by atoms with Gasteiger partial charge in [-0.1, -0.05) is 99.2 Å². The minimum atomic E-state index is -0.309. The lowest BCUT2D eigenvalue weighted by Gasteiger charge is -2.31. The average molecular weight is 375 g/mol. The number of hydrogen-bond donors (Lipinski definition) is 0. The zero-order valence-corrected chi connectivity index (χ0v) is 17.0. The highest BCUT2D eigenvalue weighted by atomic mass is 35.5. The molecule has 0 bridgehead atoms. The number of halogens is 1. The van der Waals surface area contributed by atoms with Crippen LogP contribution < -0.4 is 0 Å². The van der Waals surface area contributed by atoms with E-state index in [0.29, 0.717) is 0 Å². The Bertz CT molecular complexity index is 862. The molecule has 0 amide bonds. The van der Waals surface area contributed by atoms with Gasteiger partial charge in [-0.15, -0.1) is 11.6 Å². The second-order valence-corrected chi connectivity index (χ2v) is 7.68. The second kappa shape index (κ2) is 9.12. The van der Waals surface area contributed by atoms with Gasteiger partial charge >= 0.3 is 0 Å². The van der Waals surface area contributed by atoms with Crippen molar-refractivity contribution in [3.05, 3.63) is 89.5 Å². The Balaban J connectivity index is 1.85. The first kappa shape index (κ1) is 19.5. The smallest absolute Gasteiger partial charge is 0.0726 e. The van der Waals surface area contributed by atoms with E-state index in [1.165, 1.54) is 23.1 Å². The predicted octanol–water partition coefficient (Wildman–Crippen LogP) is 7.04. The molecular weight excluding hydrogens is 348 g/mol. The molecule has 0 aliphatic heterocycles. The SMILES string of the molecule is CCCc1ccc(C#CC2(CCC)C=CC(c3ccccc3)=CC2Cl)cc1. The molecule has 2 aromatic carbocycles. The van der Waals surface area contributed by atoms with E-state index in [-0.39, 0.29) is 10.8 Å². The summed E-state index contributed by atoms with van der Waals surface area (Å²) in [6.07, 6.45) is 10.8. The predicted molar refractivity (Wildman–Crippen MR) is 118 cm³/mol. The van der Waals surface area contributed by atoms with Crippen LogP contribution in [0.5, 0.6) is 0 Å². The summed E-state index contributed by atoms with van der Waals surface area (Å²) in [5.74, 6) is 6.89. The maximum absolute atomic E-state index is 6.87. The van der Waals surface area contributed by atoms with Crippen LogP contribution in [0.15, 0.2) is 72.8 Å². The van der Waals surface area contributed by atoms with E-state index in [1.807, 2.05) is 6.07 Å². The molecular formula is C26H27Cl. The van der Waals surface area contributed by atoms with Gasteiger partial charge in [-0.25, -0.2) is 0 Å². The Hall–Kier alpha value is -2.23. The Labute approximate surface area is 169 Å². The van der Waals surface area contributed by atoms with Crippen molar-refractivity contribution in [3.63, 3.8) is 0 Å². The van der Waals surface area contributed by atoms with E-state index in [9.17, 15) is 0 Å². The summed E-state index contributed by atoms with van der Waals surface area (Å²) in [4.78, 5) is 0. The summed E-state index contributed by atoms with van der Waals surface area (Å²) in [5, 5.41) is -0.135. The molecule has 0 spiro atoms. The molecule has 0 N–H and O–H groups in total. The maximum Gasteiger partial charge on any atom is 0.0726 e. The third kappa shape index (κ3) is 4.74. The van der Waals surface area contributed by atoms with E-state index in [2.05, 4.69) is 92.4 Å². The zero-order valence-electron chi connectivity index (χ0n) is 16.2. The molecule has 0 saturated heterocycles. The third-order valence-corrected chi connectivity index (χ3v) is 5.60. The van der Waals surface area contributed by atoms with Crippen LogP contribution in [0, 0.1) is 17.3 Å². The number of allylic oxidation sites excluding steroid dienone is 4. The van der Waals surface area contributed by atoms with Gasteiger partial charge in [0, 0.05) is 5.56 Å². The monoisotopic (exact) mass is 374 g/mol. The molecule has 0 aromatic heterocycles. The molecule has 2 aromatic rings. The largest absolute Gasteiger partial charge is 0.116 e. The molecule has 0 fully saturated rings. The summed E-state index contributed by atoms with van der Waals surface area (Å²) in [5.41, 5.74) is 4.49. The van der Waals surface area contributed by atoms with E-state index < -0.39 is 0 Å². The molecule has 1 aliphatic carbocycles. The lowest BCUT2D eigenvalue weighted by molar-refractivity contribution is 0.472. The Kier molecular flexibility index (Phi) is 6.59. The van der Waals surface area contributed by atoms with Gasteiger partial charge in [-0.2, -0.15) is 0 Å². The van der Waals surface area contributed by atoms with Gasteiger partial charge in [0.25, 0.3) is 0 Å². The maximum atomic E-state index is 6.87. The van der Waals surface area contributed by atoms with Gasteiger partial charge in [-0.05, 0) is 41.7 Å². The van der Waals surface area contributed by atoms with E-state index in [4.69, 9.17) is 11.6 Å². The van der Waals surface area contributed by atoms with E-state index >= 15 is 0 Å². The van der Waals surface area contributed by atoms with Gasteiger partial charge in [-0.3, -0.25) is 0 Å². The van der Waals surface area contributed by atoms with Crippen molar-refractivity contribution in [3.8, 4) is 11.8 Å². The van der Waals surface area contributed by atoms with Crippen molar-refractivity contribution in [1.29, 1.82) is 0 Å². The van der Waals surface area contributed by atoms with Crippen molar-refractivity contribution < 1.29 is 0 Å². The number of rotatable bonds is 5. The van der Waals surface area contributed by atoms with Crippen LogP contribution >= 0.6 is 11.6 Å². The zero-order chi connectivity index (χ0) is 19.1. The summed E-state index contributed by atoms with van der Waals surface area (Å²) in [6, 6.07) is 19.0. The van der Waals surface area contributed by atoms with Gasteiger partial charge in [0.15, 0.2) is 0 Å². The first-order valence-corrected chi connectivity index (χ1v) is 10.3. The first-order valence-electron chi connectivity index (χ1n) is 9.89. The fraction of sp³-hybridized carbons (Fsp3) is 0.308. The minimum absolute atomic E-state index is 0.135. The molecule has 3 rings (SSSR count). The van der Waals surface area contributed by atoms with Gasteiger partial charge in [0.1, 0.15) is 0 Å². The van der Waals surface area contributed by atoms with Crippen molar-refractivity contribution in [2.45, 2.75) is 44.9 Å². The lowest BCUT2D eigenvalue weighted by atomic mass is 9.75. The topological polar surface area (TPSA) is 0 Å². The number of alkyl halides is 1. The first-order chi connectivity index (χ1) is 13.2. The standard InChI is InChI=1S/C26H27Cl/c1-3-8-21-11-13-22(14-12-21)15-18-26(17-4-2)19-16-24(20-25(26)27)23-9-6-5-7-10-23/h5-7,9-14,16,19-20,25H,3-4,8,17H2,1-2H3. The molecule has 0 heterocycles. The Morgan fingerprint density at radius 3 is 2.33 bits per heavy atom. The quantitative estimate of drug-likeness (QED) is 0.389. The molecule has 1 heteroatoms. The second-order valence-electron chi connectivity index (χ2n) is 7.21. The average Bonchev–Trinajstić information content (AvgIpc) is 2.70. The van der Waals surface area contributed by atoms with Crippen molar-refractivity contribution >= 4 is 17.2 Å². The third-order valence-electron chi connectivity index (χ3n) is 5.08. The molecule has 0 radical (unpaired) electrons. The highest BCUT2D eigenvalue weighted by molar-refractivity contribution is 6.23. The van der Waals surface area contributed by atoms with Gasteiger partial charge < -0.3 is 0 Å². The van der Waals surface area contributed by atoms with Crippen LogP contribution in [0.25, 0.3) is 5.57 Å². The van der Waals surface area contributed by atoms with Gasteiger partial charge in [0.05, 0.1) is 10.8 Å². The minimum Gasteiger partial charge on any atom is -0.116 e. The summed E-state index contributed by atoms with van der Waals surface area (Å²) >= 11 is 6.87. The number of aryl methyl sites for hydroxylation is 1. The summed E-state index contributed by atoms with van der Waals surface area (Å²) in [6.45, 7) is 4.40. The van der Waals surface area contributed by atoms with Gasteiger partial charge in [0.2, 0.25) is 0 Å². The molecule has 0 saturated carbocycles. The van der Waals surface area contributed by atoms with Crippen LogP contribution in [-0.2, 0) is 6.42 Å². The van der Waals surface area contributed by atoms with Crippen molar-refractivity contribution in [1.82, 2.24) is 0 Å². The highest BCUT2D eigenvalue weighted by Crippen LogP contribution is 2.40.